The molecule has 1 heterocycles. The van der Waals surface area contributed by atoms with Crippen LogP contribution in [0.4, 0.5) is 4.39 Å². The smallest absolute Gasteiger partial charge is 0.130 e. The van der Waals surface area contributed by atoms with Crippen LogP contribution in [0.25, 0.3) is 0 Å². The molecule has 0 bridgehead atoms. The van der Waals surface area contributed by atoms with Crippen molar-refractivity contribution in [3.05, 3.63) is 58.2 Å². The van der Waals surface area contributed by atoms with Gasteiger partial charge in [-0.3, -0.25) is 0 Å². The second-order valence-corrected chi connectivity index (χ2v) is 3.95. The van der Waals surface area contributed by atoms with Gasteiger partial charge in [-0.25, -0.2) is 4.39 Å². The average Bonchev–Trinajstić information content (AvgIpc) is 2.69. The lowest BCUT2D eigenvalue weighted by atomic mass is 10.0. The van der Waals surface area contributed by atoms with Gasteiger partial charge in [-0.05, 0) is 18.2 Å². The first-order chi connectivity index (χ1) is 7.20. The van der Waals surface area contributed by atoms with Crippen molar-refractivity contribution in [1.29, 1.82) is 0 Å². The zero-order valence-electron chi connectivity index (χ0n) is 7.65. The van der Waals surface area contributed by atoms with Gasteiger partial charge in [0, 0.05) is 15.6 Å². The number of aliphatic hydroxyl groups is 1. The third-order valence-electron chi connectivity index (χ3n) is 2.13. The zero-order valence-corrected chi connectivity index (χ0v) is 9.24. The SMILES string of the molecule is OC(c1ccoc1)c1c(F)cccc1Br. The molecular weight excluding hydrogens is 263 g/mol. The van der Waals surface area contributed by atoms with E-state index >= 15 is 0 Å². The van der Waals surface area contributed by atoms with Crippen molar-refractivity contribution in [3.63, 3.8) is 0 Å². The number of furan rings is 1. The van der Waals surface area contributed by atoms with E-state index in [0.717, 1.165) is 0 Å². The van der Waals surface area contributed by atoms with Crippen molar-refractivity contribution in [2.24, 2.45) is 0 Å². The van der Waals surface area contributed by atoms with Crippen LogP contribution >= 0.6 is 15.9 Å². The van der Waals surface area contributed by atoms with Gasteiger partial charge in [-0.15, -0.1) is 0 Å². The Hall–Kier alpha value is -1.13. The largest absolute Gasteiger partial charge is 0.472 e. The molecule has 0 aliphatic heterocycles. The Balaban J connectivity index is 2.46. The van der Waals surface area contributed by atoms with Crippen molar-refractivity contribution in [2.75, 3.05) is 0 Å². The quantitative estimate of drug-likeness (QED) is 0.909. The van der Waals surface area contributed by atoms with Crippen molar-refractivity contribution in [2.45, 2.75) is 6.10 Å². The van der Waals surface area contributed by atoms with Crippen LogP contribution in [0.5, 0.6) is 0 Å². The molecule has 2 nitrogen and oxygen atoms in total. The lowest BCUT2D eigenvalue weighted by Gasteiger charge is -2.11. The summed E-state index contributed by atoms with van der Waals surface area (Å²) in [5, 5.41) is 9.91. The summed E-state index contributed by atoms with van der Waals surface area (Å²) in [6.07, 6.45) is 1.82. The molecule has 4 heteroatoms. The fraction of sp³-hybridized carbons (Fsp3) is 0.0909. The highest BCUT2D eigenvalue weighted by molar-refractivity contribution is 9.10. The molecule has 2 rings (SSSR count). The Morgan fingerprint density at radius 1 is 1.33 bits per heavy atom. The molecule has 0 aliphatic carbocycles. The molecule has 0 fully saturated rings. The second kappa shape index (κ2) is 4.16. The van der Waals surface area contributed by atoms with E-state index in [9.17, 15) is 9.50 Å². The summed E-state index contributed by atoms with van der Waals surface area (Å²) >= 11 is 3.20. The molecule has 0 saturated carbocycles. The molecule has 0 radical (unpaired) electrons. The molecule has 0 spiro atoms. The molecule has 0 saturated heterocycles. The van der Waals surface area contributed by atoms with Crippen molar-refractivity contribution in [3.8, 4) is 0 Å². The fourth-order valence-electron chi connectivity index (χ4n) is 1.37. The van der Waals surface area contributed by atoms with Gasteiger partial charge in [0.25, 0.3) is 0 Å². The minimum Gasteiger partial charge on any atom is -0.472 e. The third-order valence-corrected chi connectivity index (χ3v) is 2.82. The van der Waals surface area contributed by atoms with E-state index in [2.05, 4.69) is 15.9 Å². The van der Waals surface area contributed by atoms with E-state index in [1.54, 1.807) is 18.2 Å². The van der Waals surface area contributed by atoms with Crippen LogP contribution in [0.2, 0.25) is 0 Å². The summed E-state index contributed by atoms with van der Waals surface area (Å²) in [6.45, 7) is 0. The number of hydrogen-bond donors (Lipinski definition) is 1. The lowest BCUT2D eigenvalue weighted by molar-refractivity contribution is 0.213. The van der Waals surface area contributed by atoms with Gasteiger partial charge < -0.3 is 9.52 Å². The summed E-state index contributed by atoms with van der Waals surface area (Å²) in [6, 6.07) is 6.17. The maximum absolute atomic E-state index is 13.5. The minimum atomic E-state index is -1.01. The highest BCUT2D eigenvalue weighted by atomic mass is 79.9. The fourth-order valence-corrected chi connectivity index (χ4v) is 1.93. The highest BCUT2D eigenvalue weighted by Gasteiger charge is 2.18. The molecule has 0 aliphatic rings. The van der Waals surface area contributed by atoms with E-state index in [1.165, 1.54) is 18.6 Å². The van der Waals surface area contributed by atoms with E-state index < -0.39 is 11.9 Å². The molecule has 78 valence electrons. The third kappa shape index (κ3) is 1.96. The van der Waals surface area contributed by atoms with Crippen LogP contribution in [0.3, 0.4) is 0 Å². The molecule has 1 unspecified atom stereocenters. The summed E-state index contributed by atoms with van der Waals surface area (Å²) in [5.41, 5.74) is 0.750. The topological polar surface area (TPSA) is 33.4 Å². The van der Waals surface area contributed by atoms with Crippen LogP contribution in [-0.2, 0) is 0 Å². The molecule has 1 N–H and O–H groups in total. The second-order valence-electron chi connectivity index (χ2n) is 3.09. The van der Waals surface area contributed by atoms with Gasteiger partial charge >= 0.3 is 0 Å². The first-order valence-corrected chi connectivity index (χ1v) is 5.13. The number of rotatable bonds is 2. The summed E-state index contributed by atoms with van der Waals surface area (Å²) in [4.78, 5) is 0. The van der Waals surface area contributed by atoms with E-state index in [4.69, 9.17) is 4.42 Å². The summed E-state index contributed by atoms with van der Waals surface area (Å²) in [7, 11) is 0. The van der Waals surface area contributed by atoms with Gasteiger partial charge in [0.2, 0.25) is 0 Å². The van der Waals surface area contributed by atoms with Gasteiger partial charge in [-0.1, -0.05) is 22.0 Å². The number of benzene rings is 1. The number of hydrogen-bond acceptors (Lipinski definition) is 2. The van der Waals surface area contributed by atoms with Crippen LogP contribution in [0.15, 0.2) is 45.7 Å². The van der Waals surface area contributed by atoms with Crippen molar-refractivity contribution in [1.82, 2.24) is 0 Å². The standard InChI is InChI=1S/C11H8BrFO2/c12-8-2-1-3-9(13)10(8)11(14)7-4-5-15-6-7/h1-6,11,14H. The lowest BCUT2D eigenvalue weighted by Crippen LogP contribution is -2.02. The van der Waals surface area contributed by atoms with Crippen molar-refractivity contribution < 1.29 is 13.9 Å². The van der Waals surface area contributed by atoms with E-state index in [1.807, 2.05) is 0 Å². The summed E-state index contributed by atoms with van der Waals surface area (Å²) < 4.78 is 18.8. The highest BCUT2D eigenvalue weighted by Crippen LogP contribution is 2.30. The number of halogens is 2. The van der Waals surface area contributed by atoms with Crippen LogP contribution in [-0.4, -0.2) is 5.11 Å². The first-order valence-electron chi connectivity index (χ1n) is 4.34. The van der Waals surface area contributed by atoms with Gasteiger partial charge in [0.15, 0.2) is 0 Å². The Morgan fingerprint density at radius 2 is 2.13 bits per heavy atom. The molecule has 0 amide bonds. The minimum absolute atomic E-state index is 0.221. The average molecular weight is 271 g/mol. The Morgan fingerprint density at radius 3 is 2.73 bits per heavy atom. The molecule has 1 aromatic carbocycles. The Bertz CT molecular complexity index is 433. The predicted octanol–water partition coefficient (Wildman–Crippen LogP) is 3.26. The molecule has 15 heavy (non-hydrogen) atoms. The Labute approximate surface area is 94.5 Å². The van der Waals surface area contributed by atoms with Crippen molar-refractivity contribution >= 4 is 15.9 Å². The van der Waals surface area contributed by atoms with Gasteiger partial charge in [-0.2, -0.15) is 0 Å². The summed E-state index contributed by atoms with van der Waals surface area (Å²) in [5.74, 6) is -0.446. The van der Waals surface area contributed by atoms with Crippen LogP contribution in [0, 0.1) is 5.82 Å². The first kappa shape index (κ1) is 10.4. The number of aliphatic hydroxyl groups excluding tert-OH is 1. The van der Waals surface area contributed by atoms with Gasteiger partial charge in [0.1, 0.15) is 11.9 Å². The predicted molar refractivity (Wildman–Crippen MR) is 56.9 cm³/mol. The monoisotopic (exact) mass is 270 g/mol. The maximum atomic E-state index is 13.5. The Kier molecular flexibility index (Phi) is 2.88. The van der Waals surface area contributed by atoms with Crippen LogP contribution in [0.1, 0.15) is 17.2 Å². The maximum Gasteiger partial charge on any atom is 0.130 e. The van der Waals surface area contributed by atoms with E-state index in [-0.39, 0.29) is 5.56 Å². The van der Waals surface area contributed by atoms with Gasteiger partial charge in [0.05, 0.1) is 12.5 Å². The zero-order chi connectivity index (χ0) is 10.8. The van der Waals surface area contributed by atoms with E-state index in [0.29, 0.717) is 10.0 Å². The van der Waals surface area contributed by atoms with Crippen LogP contribution < -0.4 is 0 Å². The molecule has 2 aromatic rings. The normalized spacial score (nSPS) is 12.7. The molecule has 1 atom stereocenters. The molecule has 1 aromatic heterocycles. The molecular formula is C11H8BrFO2.